The number of piperidine rings is 1. The molecule has 98 valence electrons. The fraction of sp³-hybridized carbons (Fsp3) is 0.929. The first-order valence-corrected chi connectivity index (χ1v) is 7.19. The number of likely N-dealkylation sites (tertiary alicyclic amines) is 1. The van der Waals surface area contributed by atoms with Gasteiger partial charge in [0.2, 0.25) is 5.91 Å². The van der Waals surface area contributed by atoms with Gasteiger partial charge in [-0.05, 0) is 44.6 Å². The second-order valence-electron chi connectivity index (χ2n) is 6.01. The molecule has 2 fully saturated rings. The minimum atomic E-state index is 0.389. The molecule has 1 saturated carbocycles. The SMILES string of the molecule is CC(C)CCNC1CCN(C(=O)C2CC2)CC1. The average Bonchev–Trinajstić information content (AvgIpc) is 3.12. The highest BCUT2D eigenvalue weighted by molar-refractivity contribution is 5.81. The van der Waals surface area contributed by atoms with Crippen LogP contribution in [0.5, 0.6) is 0 Å². The van der Waals surface area contributed by atoms with Crippen molar-refractivity contribution < 1.29 is 4.79 Å². The molecule has 0 unspecified atom stereocenters. The van der Waals surface area contributed by atoms with Gasteiger partial charge in [-0.15, -0.1) is 0 Å². The number of carbonyl (C=O) groups is 1. The summed E-state index contributed by atoms with van der Waals surface area (Å²) in [6, 6.07) is 0.636. The Labute approximate surface area is 105 Å². The van der Waals surface area contributed by atoms with Crippen LogP contribution < -0.4 is 5.32 Å². The molecule has 3 heteroatoms. The fourth-order valence-corrected chi connectivity index (χ4v) is 2.47. The largest absolute Gasteiger partial charge is 0.342 e. The zero-order valence-corrected chi connectivity index (χ0v) is 11.2. The van der Waals surface area contributed by atoms with Crippen LogP contribution in [0, 0.1) is 11.8 Å². The molecule has 0 atom stereocenters. The van der Waals surface area contributed by atoms with Crippen molar-refractivity contribution in [3.63, 3.8) is 0 Å². The molecule has 1 aliphatic heterocycles. The van der Waals surface area contributed by atoms with Crippen molar-refractivity contribution in [2.24, 2.45) is 11.8 Å². The zero-order valence-electron chi connectivity index (χ0n) is 11.2. The van der Waals surface area contributed by atoms with E-state index in [1.54, 1.807) is 0 Å². The maximum atomic E-state index is 11.9. The number of hydrogen-bond donors (Lipinski definition) is 1. The van der Waals surface area contributed by atoms with Crippen LogP contribution in [-0.4, -0.2) is 36.5 Å². The van der Waals surface area contributed by atoms with Gasteiger partial charge in [-0.25, -0.2) is 0 Å². The maximum Gasteiger partial charge on any atom is 0.225 e. The van der Waals surface area contributed by atoms with Gasteiger partial charge in [0.05, 0.1) is 0 Å². The lowest BCUT2D eigenvalue weighted by molar-refractivity contribution is -0.133. The fourth-order valence-electron chi connectivity index (χ4n) is 2.47. The summed E-state index contributed by atoms with van der Waals surface area (Å²) in [4.78, 5) is 14.0. The number of nitrogens with one attached hydrogen (secondary N) is 1. The Morgan fingerprint density at radius 3 is 2.41 bits per heavy atom. The summed E-state index contributed by atoms with van der Waals surface area (Å²) in [5.41, 5.74) is 0. The highest BCUT2D eigenvalue weighted by Gasteiger charge is 2.34. The van der Waals surface area contributed by atoms with Crippen molar-refractivity contribution in [1.29, 1.82) is 0 Å². The lowest BCUT2D eigenvalue weighted by atomic mass is 10.0. The van der Waals surface area contributed by atoms with Gasteiger partial charge in [-0.2, -0.15) is 0 Å². The van der Waals surface area contributed by atoms with Crippen molar-refractivity contribution in [1.82, 2.24) is 10.2 Å². The molecule has 0 bridgehead atoms. The Morgan fingerprint density at radius 1 is 1.24 bits per heavy atom. The number of carbonyl (C=O) groups excluding carboxylic acids is 1. The summed E-state index contributed by atoms with van der Waals surface area (Å²) < 4.78 is 0. The van der Waals surface area contributed by atoms with E-state index in [4.69, 9.17) is 0 Å². The van der Waals surface area contributed by atoms with E-state index in [1.165, 1.54) is 6.42 Å². The van der Waals surface area contributed by atoms with E-state index < -0.39 is 0 Å². The van der Waals surface area contributed by atoms with Crippen molar-refractivity contribution in [2.45, 2.75) is 52.0 Å². The molecule has 1 N–H and O–H groups in total. The van der Waals surface area contributed by atoms with Gasteiger partial charge in [-0.3, -0.25) is 4.79 Å². The first-order valence-electron chi connectivity index (χ1n) is 7.19. The van der Waals surface area contributed by atoms with Crippen LogP contribution in [0.1, 0.15) is 46.0 Å². The van der Waals surface area contributed by atoms with E-state index in [1.807, 2.05) is 0 Å². The maximum absolute atomic E-state index is 11.9. The Kier molecular flexibility index (Phi) is 4.43. The van der Waals surface area contributed by atoms with E-state index in [0.717, 1.165) is 51.2 Å². The molecule has 0 aromatic rings. The van der Waals surface area contributed by atoms with Gasteiger partial charge in [0.15, 0.2) is 0 Å². The third kappa shape index (κ3) is 3.98. The van der Waals surface area contributed by atoms with Crippen LogP contribution >= 0.6 is 0 Å². The van der Waals surface area contributed by atoms with E-state index >= 15 is 0 Å². The highest BCUT2D eigenvalue weighted by Crippen LogP contribution is 2.31. The average molecular weight is 238 g/mol. The number of rotatable bonds is 5. The number of amides is 1. The zero-order chi connectivity index (χ0) is 12.3. The Bertz CT molecular complexity index is 253. The molecule has 2 rings (SSSR count). The van der Waals surface area contributed by atoms with Gasteiger partial charge >= 0.3 is 0 Å². The van der Waals surface area contributed by atoms with E-state index in [9.17, 15) is 4.79 Å². The third-order valence-corrected chi connectivity index (χ3v) is 3.89. The van der Waals surface area contributed by atoms with Crippen molar-refractivity contribution >= 4 is 5.91 Å². The van der Waals surface area contributed by atoms with Gasteiger partial charge in [0.1, 0.15) is 0 Å². The minimum Gasteiger partial charge on any atom is -0.342 e. The van der Waals surface area contributed by atoms with Crippen molar-refractivity contribution in [3.05, 3.63) is 0 Å². The highest BCUT2D eigenvalue weighted by atomic mass is 16.2. The predicted molar refractivity (Wildman–Crippen MR) is 69.8 cm³/mol. The lowest BCUT2D eigenvalue weighted by Gasteiger charge is -2.32. The second kappa shape index (κ2) is 5.85. The Hall–Kier alpha value is -0.570. The molecular weight excluding hydrogens is 212 g/mol. The van der Waals surface area contributed by atoms with Crippen LogP contribution in [0.3, 0.4) is 0 Å². The summed E-state index contributed by atoms with van der Waals surface area (Å²) in [5.74, 6) is 1.59. The van der Waals surface area contributed by atoms with E-state index in [2.05, 4.69) is 24.1 Å². The molecule has 2 aliphatic rings. The minimum absolute atomic E-state index is 0.389. The Balaban J connectivity index is 1.62. The van der Waals surface area contributed by atoms with Gasteiger partial charge in [0.25, 0.3) is 0 Å². The lowest BCUT2D eigenvalue weighted by Crippen LogP contribution is -2.45. The molecule has 1 aliphatic carbocycles. The molecular formula is C14H26N2O. The van der Waals surface area contributed by atoms with Gasteiger partial charge < -0.3 is 10.2 Å². The summed E-state index contributed by atoms with van der Waals surface area (Å²) in [5, 5.41) is 3.62. The van der Waals surface area contributed by atoms with Crippen molar-refractivity contribution in [2.75, 3.05) is 19.6 Å². The van der Waals surface area contributed by atoms with Gasteiger partial charge in [-0.1, -0.05) is 13.8 Å². The quantitative estimate of drug-likeness (QED) is 0.795. The molecule has 17 heavy (non-hydrogen) atoms. The summed E-state index contributed by atoms with van der Waals surface area (Å²) in [6.07, 6.45) is 5.78. The van der Waals surface area contributed by atoms with Crippen LogP contribution in [-0.2, 0) is 4.79 Å². The Morgan fingerprint density at radius 2 is 1.88 bits per heavy atom. The normalized spacial score (nSPS) is 22.2. The topological polar surface area (TPSA) is 32.3 Å². The van der Waals surface area contributed by atoms with Gasteiger partial charge in [0, 0.05) is 25.0 Å². The number of hydrogen-bond acceptors (Lipinski definition) is 2. The van der Waals surface area contributed by atoms with E-state index in [0.29, 0.717) is 17.9 Å². The van der Waals surface area contributed by atoms with Crippen LogP contribution in [0.25, 0.3) is 0 Å². The van der Waals surface area contributed by atoms with Crippen LogP contribution in [0.15, 0.2) is 0 Å². The smallest absolute Gasteiger partial charge is 0.225 e. The molecule has 0 aromatic heterocycles. The summed E-state index contributed by atoms with van der Waals surface area (Å²) in [6.45, 7) is 7.58. The molecule has 1 saturated heterocycles. The molecule has 1 amide bonds. The summed E-state index contributed by atoms with van der Waals surface area (Å²) >= 11 is 0. The van der Waals surface area contributed by atoms with E-state index in [-0.39, 0.29) is 0 Å². The molecule has 0 spiro atoms. The molecule has 3 nitrogen and oxygen atoms in total. The third-order valence-electron chi connectivity index (χ3n) is 3.89. The molecule has 0 radical (unpaired) electrons. The first kappa shape index (κ1) is 12.9. The van der Waals surface area contributed by atoms with Crippen LogP contribution in [0.2, 0.25) is 0 Å². The monoisotopic (exact) mass is 238 g/mol. The number of nitrogens with zero attached hydrogens (tertiary/aromatic N) is 1. The second-order valence-corrected chi connectivity index (χ2v) is 6.01. The standard InChI is InChI=1S/C14H26N2O/c1-11(2)5-8-15-13-6-9-16(10-7-13)14(17)12-3-4-12/h11-13,15H,3-10H2,1-2H3. The molecule has 1 heterocycles. The first-order chi connectivity index (χ1) is 8.16. The predicted octanol–water partition coefficient (Wildman–Crippen LogP) is 2.02. The summed E-state index contributed by atoms with van der Waals surface area (Å²) in [7, 11) is 0. The van der Waals surface area contributed by atoms with Crippen LogP contribution in [0.4, 0.5) is 0 Å². The van der Waals surface area contributed by atoms with Crippen molar-refractivity contribution in [3.8, 4) is 0 Å². The molecule has 0 aromatic carbocycles.